The van der Waals surface area contributed by atoms with Gasteiger partial charge < -0.3 is 19.5 Å². The number of nitrogens with one attached hydrogen (secondary N) is 1. The van der Waals surface area contributed by atoms with E-state index in [4.69, 9.17) is 14.2 Å². The van der Waals surface area contributed by atoms with Crippen molar-refractivity contribution in [3.05, 3.63) is 45.3 Å². The molecule has 1 N–H and O–H groups in total. The van der Waals surface area contributed by atoms with E-state index in [0.717, 1.165) is 0 Å². The summed E-state index contributed by atoms with van der Waals surface area (Å²) in [6.07, 6.45) is 1.50. The van der Waals surface area contributed by atoms with Crippen LogP contribution in [-0.4, -0.2) is 42.9 Å². The lowest BCUT2D eigenvalue weighted by atomic mass is 10.2. The number of carbonyl (C=O) groups is 1. The summed E-state index contributed by atoms with van der Waals surface area (Å²) < 4.78 is 17.3. The van der Waals surface area contributed by atoms with E-state index in [-0.39, 0.29) is 11.5 Å². The Morgan fingerprint density at radius 1 is 1.24 bits per heavy atom. The molecule has 8 nitrogen and oxygen atoms in total. The van der Waals surface area contributed by atoms with E-state index in [9.17, 15) is 9.59 Å². The minimum absolute atomic E-state index is 0.173. The van der Waals surface area contributed by atoms with E-state index < -0.39 is 0 Å². The largest absolute Gasteiger partial charge is 0.493 e. The van der Waals surface area contributed by atoms with Crippen molar-refractivity contribution in [2.24, 2.45) is 0 Å². The molecule has 0 saturated heterocycles. The maximum atomic E-state index is 12.8. The number of ether oxygens (including phenoxy) is 3. The fourth-order valence-corrected chi connectivity index (χ4v) is 3.98. The van der Waals surface area contributed by atoms with Gasteiger partial charge in [0.1, 0.15) is 4.83 Å². The van der Waals surface area contributed by atoms with Crippen molar-refractivity contribution in [1.29, 1.82) is 0 Å². The van der Waals surface area contributed by atoms with Gasteiger partial charge in [0.2, 0.25) is 0 Å². The van der Waals surface area contributed by atoms with Gasteiger partial charge in [0.15, 0.2) is 11.5 Å². The molecule has 0 aliphatic heterocycles. The number of rotatable bonds is 8. The zero-order chi connectivity index (χ0) is 21.0. The molecule has 0 unspecified atom stereocenters. The standard InChI is InChI=1S/C20H23N3O5S/c1-5-28-9-8-23-11-21-19-16(20(23)25)12(2)17(29-19)18(24)22-13-6-7-14(26-3)15(10-13)27-4/h6-7,10-11H,5,8-9H2,1-4H3,(H,22,24). The molecule has 0 aliphatic rings. The van der Waals surface area contributed by atoms with Crippen LogP contribution < -0.4 is 20.3 Å². The van der Waals surface area contributed by atoms with Crippen LogP contribution >= 0.6 is 11.3 Å². The summed E-state index contributed by atoms with van der Waals surface area (Å²) in [5, 5.41) is 3.31. The predicted octanol–water partition coefficient (Wildman–Crippen LogP) is 3.07. The maximum absolute atomic E-state index is 12.8. The van der Waals surface area contributed by atoms with Gasteiger partial charge in [0, 0.05) is 18.4 Å². The van der Waals surface area contributed by atoms with Gasteiger partial charge in [-0.3, -0.25) is 14.2 Å². The number of amides is 1. The first-order valence-electron chi connectivity index (χ1n) is 9.09. The van der Waals surface area contributed by atoms with Crippen LogP contribution in [0.2, 0.25) is 0 Å². The van der Waals surface area contributed by atoms with Crippen molar-refractivity contribution in [3.8, 4) is 11.5 Å². The van der Waals surface area contributed by atoms with Gasteiger partial charge in [-0.25, -0.2) is 4.98 Å². The number of aromatic nitrogens is 2. The summed E-state index contributed by atoms with van der Waals surface area (Å²) in [6.45, 7) is 5.09. The fraction of sp³-hybridized carbons (Fsp3) is 0.350. The van der Waals surface area contributed by atoms with Crippen molar-refractivity contribution in [2.75, 3.05) is 32.8 Å². The molecule has 9 heteroatoms. The molecule has 2 heterocycles. The van der Waals surface area contributed by atoms with Crippen molar-refractivity contribution in [1.82, 2.24) is 9.55 Å². The Balaban J connectivity index is 1.89. The van der Waals surface area contributed by atoms with Crippen LogP contribution in [-0.2, 0) is 11.3 Å². The van der Waals surface area contributed by atoms with Crippen LogP contribution in [0, 0.1) is 6.92 Å². The lowest BCUT2D eigenvalue weighted by molar-refractivity contribution is 0.103. The van der Waals surface area contributed by atoms with Gasteiger partial charge in [-0.1, -0.05) is 0 Å². The van der Waals surface area contributed by atoms with Crippen LogP contribution in [0.5, 0.6) is 11.5 Å². The fourth-order valence-electron chi connectivity index (χ4n) is 2.94. The molecule has 0 radical (unpaired) electrons. The Hall–Kier alpha value is -2.91. The minimum Gasteiger partial charge on any atom is -0.493 e. The summed E-state index contributed by atoms with van der Waals surface area (Å²) in [7, 11) is 3.08. The number of benzene rings is 1. The molecule has 2 aromatic heterocycles. The number of methoxy groups -OCH3 is 2. The lowest BCUT2D eigenvalue weighted by Gasteiger charge is -2.10. The van der Waals surface area contributed by atoms with Gasteiger partial charge in [0.25, 0.3) is 11.5 Å². The molecule has 0 aliphatic carbocycles. The monoisotopic (exact) mass is 417 g/mol. The van der Waals surface area contributed by atoms with Crippen molar-refractivity contribution >= 4 is 33.1 Å². The summed E-state index contributed by atoms with van der Waals surface area (Å²) in [5.41, 5.74) is 1.01. The smallest absolute Gasteiger partial charge is 0.266 e. The number of nitrogens with zero attached hydrogens (tertiary/aromatic N) is 2. The van der Waals surface area contributed by atoms with Crippen LogP contribution in [0.3, 0.4) is 0 Å². The third kappa shape index (κ3) is 4.25. The summed E-state index contributed by atoms with van der Waals surface area (Å²) in [5.74, 6) is 0.774. The van der Waals surface area contributed by atoms with E-state index >= 15 is 0 Å². The van der Waals surface area contributed by atoms with E-state index in [2.05, 4.69) is 10.3 Å². The van der Waals surface area contributed by atoms with Gasteiger partial charge in [-0.15, -0.1) is 11.3 Å². The van der Waals surface area contributed by atoms with Crippen molar-refractivity contribution in [3.63, 3.8) is 0 Å². The van der Waals surface area contributed by atoms with Crippen LogP contribution in [0.15, 0.2) is 29.3 Å². The molecule has 1 amide bonds. The number of aryl methyl sites for hydroxylation is 1. The maximum Gasteiger partial charge on any atom is 0.266 e. The Morgan fingerprint density at radius 2 is 2.00 bits per heavy atom. The first-order valence-corrected chi connectivity index (χ1v) is 9.91. The quantitative estimate of drug-likeness (QED) is 0.567. The normalized spacial score (nSPS) is 10.9. The Morgan fingerprint density at radius 3 is 2.69 bits per heavy atom. The second-order valence-electron chi connectivity index (χ2n) is 6.20. The molecule has 0 bridgehead atoms. The Bertz CT molecular complexity index is 1090. The predicted molar refractivity (Wildman–Crippen MR) is 113 cm³/mol. The second-order valence-corrected chi connectivity index (χ2v) is 7.20. The molecule has 29 heavy (non-hydrogen) atoms. The molecule has 3 aromatic rings. The van der Waals surface area contributed by atoms with Gasteiger partial charge in [-0.2, -0.15) is 0 Å². The highest BCUT2D eigenvalue weighted by atomic mass is 32.1. The molecule has 0 spiro atoms. The number of anilines is 1. The van der Waals surface area contributed by atoms with E-state index in [1.165, 1.54) is 29.3 Å². The lowest BCUT2D eigenvalue weighted by Crippen LogP contribution is -2.23. The molecule has 0 saturated carbocycles. The van der Waals surface area contributed by atoms with E-state index in [0.29, 0.717) is 57.6 Å². The first kappa shape index (κ1) is 20.8. The summed E-state index contributed by atoms with van der Waals surface area (Å²) in [6, 6.07) is 5.12. The zero-order valence-electron chi connectivity index (χ0n) is 16.8. The number of thiophene rings is 1. The third-order valence-electron chi connectivity index (χ3n) is 4.45. The van der Waals surface area contributed by atoms with Gasteiger partial charge >= 0.3 is 0 Å². The zero-order valence-corrected chi connectivity index (χ0v) is 17.6. The van der Waals surface area contributed by atoms with Crippen molar-refractivity contribution < 1.29 is 19.0 Å². The molecule has 3 rings (SSSR count). The van der Waals surface area contributed by atoms with Gasteiger partial charge in [0.05, 0.1) is 44.0 Å². The second kappa shape index (κ2) is 9.06. The highest BCUT2D eigenvalue weighted by molar-refractivity contribution is 7.20. The molecular formula is C20H23N3O5S. The van der Waals surface area contributed by atoms with E-state index in [1.807, 2.05) is 6.92 Å². The number of hydrogen-bond acceptors (Lipinski definition) is 7. The molecular weight excluding hydrogens is 394 g/mol. The van der Waals surface area contributed by atoms with Crippen LogP contribution in [0.25, 0.3) is 10.2 Å². The summed E-state index contributed by atoms with van der Waals surface area (Å²) >= 11 is 1.20. The van der Waals surface area contributed by atoms with Gasteiger partial charge in [-0.05, 0) is 31.5 Å². The average Bonchev–Trinajstić information content (AvgIpc) is 3.07. The number of hydrogen-bond donors (Lipinski definition) is 1. The molecule has 154 valence electrons. The SMILES string of the molecule is CCOCCn1cnc2sc(C(=O)Nc3ccc(OC)c(OC)c3)c(C)c2c1=O. The number of carbonyl (C=O) groups excluding carboxylic acids is 1. The molecule has 0 fully saturated rings. The highest BCUT2D eigenvalue weighted by Crippen LogP contribution is 2.31. The average molecular weight is 417 g/mol. The van der Waals surface area contributed by atoms with Crippen molar-refractivity contribution in [2.45, 2.75) is 20.4 Å². The highest BCUT2D eigenvalue weighted by Gasteiger charge is 2.20. The van der Waals surface area contributed by atoms with E-state index in [1.54, 1.807) is 32.2 Å². The van der Waals surface area contributed by atoms with Crippen LogP contribution in [0.4, 0.5) is 5.69 Å². The Kier molecular flexibility index (Phi) is 6.50. The number of fused-ring (bicyclic) bond motifs is 1. The minimum atomic E-state index is -0.307. The Labute approximate surface area is 172 Å². The molecule has 1 aromatic carbocycles. The first-order chi connectivity index (χ1) is 14.0. The topological polar surface area (TPSA) is 91.7 Å². The summed E-state index contributed by atoms with van der Waals surface area (Å²) in [4.78, 5) is 31.0. The molecule has 0 atom stereocenters. The third-order valence-corrected chi connectivity index (χ3v) is 5.64. The van der Waals surface area contributed by atoms with Crippen LogP contribution in [0.1, 0.15) is 22.2 Å².